The zero-order valence-corrected chi connectivity index (χ0v) is 13.7. The summed E-state index contributed by atoms with van der Waals surface area (Å²) in [6, 6.07) is 17.5. The summed E-state index contributed by atoms with van der Waals surface area (Å²) in [5.74, 6) is 0.837. The number of ether oxygens (including phenoxy) is 1. The van der Waals surface area contributed by atoms with Gasteiger partial charge in [-0.25, -0.2) is 4.79 Å². The summed E-state index contributed by atoms with van der Waals surface area (Å²) in [4.78, 5) is 12.0. The third-order valence-electron chi connectivity index (χ3n) is 3.47. The molecule has 122 valence electrons. The molecule has 4 heteroatoms. The average molecular weight is 312 g/mol. The first-order valence-corrected chi connectivity index (χ1v) is 8.00. The summed E-state index contributed by atoms with van der Waals surface area (Å²) in [6.45, 7) is 5.21. The lowest BCUT2D eigenvalue weighted by Crippen LogP contribution is -2.36. The fourth-order valence-corrected chi connectivity index (χ4v) is 2.22. The van der Waals surface area contributed by atoms with Gasteiger partial charge in [0.25, 0.3) is 0 Å². The Balaban J connectivity index is 1.82. The van der Waals surface area contributed by atoms with E-state index in [2.05, 4.69) is 17.6 Å². The molecule has 2 rings (SSSR count). The fourth-order valence-electron chi connectivity index (χ4n) is 2.22. The topological polar surface area (TPSA) is 50.4 Å². The van der Waals surface area contributed by atoms with Crippen LogP contribution < -0.4 is 15.4 Å². The Hall–Kier alpha value is -2.49. The molecule has 2 aromatic carbocycles. The quantitative estimate of drug-likeness (QED) is 0.811. The maximum Gasteiger partial charge on any atom is 0.315 e. The summed E-state index contributed by atoms with van der Waals surface area (Å²) >= 11 is 0. The average Bonchev–Trinajstić information content (AvgIpc) is 2.59. The zero-order valence-electron chi connectivity index (χ0n) is 13.7. The summed E-state index contributed by atoms with van der Waals surface area (Å²) in [5.41, 5.74) is 2.10. The Morgan fingerprint density at radius 2 is 1.91 bits per heavy atom. The summed E-state index contributed by atoms with van der Waals surface area (Å²) in [6.07, 6.45) is 0.974. The number of hydrogen-bond acceptors (Lipinski definition) is 2. The van der Waals surface area contributed by atoms with Crippen LogP contribution in [0.15, 0.2) is 54.6 Å². The van der Waals surface area contributed by atoms with Crippen LogP contribution in [-0.4, -0.2) is 12.6 Å². The SMILES string of the molecule is CCCOc1cccc(CNC(=O)NC(C)c2ccccc2)c1. The lowest BCUT2D eigenvalue weighted by Gasteiger charge is -2.15. The van der Waals surface area contributed by atoms with E-state index < -0.39 is 0 Å². The standard InChI is InChI=1S/C19H24N2O2/c1-3-12-23-18-11-7-8-16(13-18)14-20-19(22)21-15(2)17-9-5-4-6-10-17/h4-11,13,15H,3,12,14H2,1-2H3,(H2,20,21,22). The van der Waals surface area contributed by atoms with Crippen molar-refractivity contribution >= 4 is 6.03 Å². The van der Waals surface area contributed by atoms with Gasteiger partial charge in [-0.2, -0.15) is 0 Å². The van der Waals surface area contributed by atoms with E-state index in [0.717, 1.165) is 23.3 Å². The van der Waals surface area contributed by atoms with E-state index in [1.165, 1.54) is 0 Å². The zero-order chi connectivity index (χ0) is 16.5. The molecule has 1 atom stereocenters. The molecular formula is C19H24N2O2. The maximum absolute atomic E-state index is 12.0. The van der Waals surface area contributed by atoms with Gasteiger partial charge in [-0.05, 0) is 36.6 Å². The number of carbonyl (C=O) groups excluding carboxylic acids is 1. The molecule has 0 saturated carbocycles. The lowest BCUT2D eigenvalue weighted by molar-refractivity contribution is 0.237. The monoisotopic (exact) mass is 312 g/mol. The van der Waals surface area contributed by atoms with Crippen LogP contribution in [0.25, 0.3) is 0 Å². The van der Waals surface area contributed by atoms with Gasteiger partial charge in [0.15, 0.2) is 0 Å². The highest BCUT2D eigenvalue weighted by atomic mass is 16.5. The predicted molar refractivity (Wildman–Crippen MR) is 92.5 cm³/mol. The molecule has 2 N–H and O–H groups in total. The van der Waals surface area contributed by atoms with Crippen LogP contribution in [-0.2, 0) is 6.54 Å². The van der Waals surface area contributed by atoms with Crippen LogP contribution in [0.1, 0.15) is 37.4 Å². The normalized spacial score (nSPS) is 11.6. The van der Waals surface area contributed by atoms with Crippen molar-refractivity contribution in [3.05, 3.63) is 65.7 Å². The largest absolute Gasteiger partial charge is 0.494 e. The molecule has 2 aromatic rings. The van der Waals surface area contributed by atoms with E-state index in [1.807, 2.05) is 61.5 Å². The molecule has 0 aliphatic heterocycles. The third-order valence-corrected chi connectivity index (χ3v) is 3.47. The van der Waals surface area contributed by atoms with Crippen LogP contribution >= 0.6 is 0 Å². The minimum absolute atomic E-state index is 0.0320. The van der Waals surface area contributed by atoms with Crippen LogP contribution in [0.3, 0.4) is 0 Å². The molecule has 1 unspecified atom stereocenters. The highest BCUT2D eigenvalue weighted by Gasteiger charge is 2.08. The van der Waals surface area contributed by atoms with Crippen molar-refractivity contribution < 1.29 is 9.53 Å². The van der Waals surface area contributed by atoms with Gasteiger partial charge in [-0.3, -0.25) is 0 Å². The Labute approximate surface area is 137 Å². The molecule has 0 radical (unpaired) electrons. The molecule has 0 aromatic heterocycles. The predicted octanol–water partition coefficient (Wildman–Crippen LogP) is 4.04. The van der Waals surface area contributed by atoms with Crippen molar-refractivity contribution in [2.24, 2.45) is 0 Å². The molecule has 0 aliphatic rings. The van der Waals surface area contributed by atoms with Crippen molar-refractivity contribution in [1.29, 1.82) is 0 Å². The van der Waals surface area contributed by atoms with Crippen molar-refractivity contribution in [2.45, 2.75) is 32.9 Å². The van der Waals surface area contributed by atoms with E-state index in [1.54, 1.807) is 0 Å². The summed E-state index contributed by atoms with van der Waals surface area (Å²) in [5, 5.41) is 5.81. The van der Waals surface area contributed by atoms with Gasteiger partial charge in [0.2, 0.25) is 0 Å². The van der Waals surface area contributed by atoms with Gasteiger partial charge in [0.05, 0.1) is 12.6 Å². The van der Waals surface area contributed by atoms with E-state index in [4.69, 9.17) is 4.74 Å². The molecule has 0 fully saturated rings. The molecule has 2 amide bonds. The van der Waals surface area contributed by atoms with Crippen molar-refractivity contribution in [3.63, 3.8) is 0 Å². The second kappa shape index (κ2) is 8.83. The van der Waals surface area contributed by atoms with Crippen LogP contribution in [0, 0.1) is 0 Å². The van der Waals surface area contributed by atoms with Gasteiger partial charge >= 0.3 is 6.03 Å². The van der Waals surface area contributed by atoms with Crippen molar-refractivity contribution in [2.75, 3.05) is 6.61 Å². The minimum Gasteiger partial charge on any atom is -0.494 e. The molecule has 0 spiro atoms. The first-order valence-electron chi connectivity index (χ1n) is 8.00. The highest BCUT2D eigenvalue weighted by molar-refractivity contribution is 5.74. The van der Waals surface area contributed by atoms with Crippen molar-refractivity contribution in [3.8, 4) is 5.75 Å². The molecule has 0 heterocycles. The number of carbonyl (C=O) groups is 1. The number of benzene rings is 2. The van der Waals surface area contributed by atoms with E-state index in [9.17, 15) is 4.79 Å². The fraction of sp³-hybridized carbons (Fsp3) is 0.316. The minimum atomic E-state index is -0.179. The van der Waals surface area contributed by atoms with Gasteiger partial charge in [0.1, 0.15) is 5.75 Å². The van der Waals surface area contributed by atoms with E-state index >= 15 is 0 Å². The second-order valence-corrected chi connectivity index (χ2v) is 5.46. The van der Waals surface area contributed by atoms with Gasteiger partial charge in [0, 0.05) is 6.54 Å². The first-order chi connectivity index (χ1) is 11.2. The van der Waals surface area contributed by atoms with Crippen LogP contribution in [0.4, 0.5) is 4.79 Å². The maximum atomic E-state index is 12.0. The Kier molecular flexibility index (Phi) is 6.48. The Morgan fingerprint density at radius 1 is 1.13 bits per heavy atom. The van der Waals surface area contributed by atoms with Crippen LogP contribution in [0.2, 0.25) is 0 Å². The van der Waals surface area contributed by atoms with E-state index in [0.29, 0.717) is 13.2 Å². The van der Waals surface area contributed by atoms with Gasteiger partial charge in [-0.1, -0.05) is 49.4 Å². The third kappa shape index (κ3) is 5.66. The van der Waals surface area contributed by atoms with Crippen LogP contribution in [0.5, 0.6) is 5.75 Å². The Morgan fingerprint density at radius 3 is 2.65 bits per heavy atom. The molecule has 0 saturated heterocycles. The number of urea groups is 1. The highest BCUT2D eigenvalue weighted by Crippen LogP contribution is 2.14. The van der Waals surface area contributed by atoms with Crippen molar-refractivity contribution in [1.82, 2.24) is 10.6 Å². The molecule has 0 bridgehead atoms. The molecule has 0 aliphatic carbocycles. The summed E-state index contributed by atoms with van der Waals surface area (Å²) in [7, 11) is 0. The second-order valence-electron chi connectivity index (χ2n) is 5.46. The number of amides is 2. The summed E-state index contributed by atoms with van der Waals surface area (Å²) < 4.78 is 5.60. The Bertz CT molecular complexity index is 614. The smallest absolute Gasteiger partial charge is 0.315 e. The number of rotatable bonds is 7. The molecule has 23 heavy (non-hydrogen) atoms. The molecular weight excluding hydrogens is 288 g/mol. The number of hydrogen-bond donors (Lipinski definition) is 2. The van der Waals surface area contributed by atoms with E-state index in [-0.39, 0.29) is 12.1 Å². The number of nitrogens with one attached hydrogen (secondary N) is 2. The molecule has 4 nitrogen and oxygen atoms in total. The lowest BCUT2D eigenvalue weighted by atomic mass is 10.1. The first kappa shape index (κ1) is 16.9. The van der Waals surface area contributed by atoms with Gasteiger partial charge < -0.3 is 15.4 Å². The van der Waals surface area contributed by atoms with Gasteiger partial charge in [-0.15, -0.1) is 0 Å².